The first-order valence-electron chi connectivity index (χ1n) is 6.34. The van der Waals surface area contributed by atoms with Gasteiger partial charge in [-0.2, -0.15) is 4.31 Å². The lowest BCUT2D eigenvalue weighted by Crippen LogP contribution is -2.45. The molecular weight excluding hydrogens is 318 g/mol. The lowest BCUT2D eigenvalue weighted by atomic mass is 10.1. The summed E-state index contributed by atoms with van der Waals surface area (Å²) in [6.07, 6.45) is 1.49. The number of halogens is 1. The smallest absolute Gasteiger partial charge is 0.273 e. The minimum Gasteiger partial charge on any atom is -0.327 e. The van der Waals surface area contributed by atoms with Crippen LogP contribution in [0.4, 0.5) is 5.69 Å². The highest BCUT2D eigenvalue weighted by Gasteiger charge is 2.31. The van der Waals surface area contributed by atoms with Crippen molar-refractivity contribution in [2.24, 2.45) is 5.73 Å². The van der Waals surface area contributed by atoms with E-state index in [1.54, 1.807) is 0 Å². The van der Waals surface area contributed by atoms with Gasteiger partial charge in [0.05, 0.1) is 9.82 Å². The van der Waals surface area contributed by atoms with E-state index in [9.17, 15) is 18.5 Å². The molecule has 1 fully saturated rings. The molecule has 118 valence electrons. The van der Waals surface area contributed by atoms with Crippen LogP contribution in [0.3, 0.4) is 0 Å². The van der Waals surface area contributed by atoms with Gasteiger partial charge in [-0.15, -0.1) is 12.4 Å². The van der Waals surface area contributed by atoms with Crippen molar-refractivity contribution in [1.29, 1.82) is 0 Å². The van der Waals surface area contributed by atoms with Gasteiger partial charge in [-0.3, -0.25) is 10.1 Å². The average molecular weight is 336 g/mol. The SMILES string of the molecule is Cc1c([N+](=O)[O-])cccc1S(=O)(=O)N1CCC[C@@H](N)C1.Cl. The number of hydrogen-bond acceptors (Lipinski definition) is 5. The highest BCUT2D eigenvalue weighted by atomic mass is 35.5. The van der Waals surface area contributed by atoms with Crippen LogP contribution in [0.15, 0.2) is 23.1 Å². The Kier molecular flexibility index (Phi) is 5.68. The van der Waals surface area contributed by atoms with Crippen molar-refractivity contribution >= 4 is 28.1 Å². The summed E-state index contributed by atoms with van der Waals surface area (Å²) in [4.78, 5) is 10.3. The fraction of sp³-hybridized carbons (Fsp3) is 0.500. The Labute approximate surface area is 129 Å². The number of piperidine rings is 1. The molecule has 21 heavy (non-hydrogen) atoms. The van der Waals surface area contributed by atoms with Gasteiger partial charge in [-0.1, -0.05) is 6.07 Å². The van der Waals surface area contributed by atoms with Crippen molar-refractivity contribution in [3.8, 4) is 0 Å². The molecular formula is C12H18ClN3O4S. The van der Waals surface area contributed by atoms with E-state index in [0.717, 1.165) is 6.42 Å². The maximum absolute atomic E-state index is 12.6. The lowest BCUT2D eigenvalue weighted by Gasteiger charge is -2.30. The van der Waals surface area contributed by atoms with Gasteiger partial charge in [0.25, 0.3) is 5.69 Å². The maximum Gasteiger partial charge on any atom is 0.273 e. The monoisotopic (exact) mass is 335 g/mol. The molecule has 0 aliphatic carbocycles. The molecule has 0 aromatic heterocycles. The topological polar surface area (TPSA) is 107 Å². The molecule has 0 amide bonds. The summed E-state index contributed by atoms with van der Waals surface area (Å²) in [5.41, 5.74) is 5.78. The summed E-state index contributed by atoms with van der Waals surface area (Å²) in [5.74, 6) is 0. The van der Waals surface area contributed by atoms with Crippen molar-refractivity contribution in [3.05, 3.63) is 33.9 Å². The van der Waals surface area contributed by atoms with Crippen LogP contribution in [0.1, 0.15) is 18.4 Å². The second kappa shape index (κ2) is 6.69. The van der Waals surface area contributed by atoms with Crippen LogP contribution in [0.5, 0.6) is 0 Å². The van der Waals surface area contributed by atoms with Crippen molar-refractivity contribution in [2.75, 3.05) is 13.1 Å². The van der Waals surface area contributed by atoms with E-state index in [0.29, 0.717) is 13.0 Å². The number of nitro benzene ring substituents is 1. The minimum absolute atomic E-state index is 0. The van der Waals surface area contributed by atoms with Crippen LogP contribution in [0, 0.1) is 17.0 Å². The van der Waals surface area contributed by atoms with Crippen LogP contribution in [0.2, 0.25) is 0 Å². The van der Waals surface area contributed by atoms with Gasteiger partial charge < -0.3 is 5.73 Å². The molecule has 7 nitrogen and oxygen atoms in total. The fourth-order valence-corrected chi connectivity index (χ4v) is 4.19. The highest BCUT2D eigenvalue weighted by Crippen LogP contribution is 2.28. The Hall–Kier alpha value is -1.22. The zero-order chi connectivity index (χ0) is 14.9. The minimum atomic E-state index is -3.73. The first kappa shape index (κ1) is 17.8. The van der Waals surface area contributed by atoms with E-state index in [4.69, 9.17) is 5.73 Å². The number of nitrogens with two attached hydrogens (primary N) is 1. The molecule has 0 saturated carbocycles. The van der Waals surface area contributed by atoms with E-state index in [-0.39, 0.29) is 41.1 Å². The van der Waals surface area contributed by atoms with Gasteiger partial charge in [-0.05, 0) is 25.8 Å². The number of sulfonamides is 1. The lowest BCUT2D eigenvalue weighted by molar-refractivity contribution is -0.385. The second-order valence-corrected chi connectivity index (χ2v) is 6.83. The van der Waals surface area contributed by atoms with Crippen molar-refractivity contribution in [3.63, 3.8) is 0 Å². The van der Waals surface area contributed by atoms with Crippen molar-refractivity contribution in [2.45, 2.75) is 30.7 Å². The Morgan fingerprint density at radius 3 is 2.67 bits per heavy atom. The molecule has 1 aromatic carbocycles. The number of benzene rings is 1. The number of nitro groups is 1. The van der Waals surface area contributed by atoms with E-state index < -0.39 is 14.9 Å². The first-order chi connectivity index (χ1) is 9.34. The third kappa shape index (κ3) is 3.52. The highest BCUT2D eigenvalue weighted by molar-refractivity contribution is 7.89. The Balaban J connectivity index is 0.00000220. The van der Waals surface area contributed by atoms with E-state index in [1.807, 2.05) is 0 Å². The normalized spacial score (nSPS) is 19.8. The third-order valence-electron chi connectivity index (χ3n) is 3.49. The summed E-state index contributed by atoms with van der Waals surface area (Å²) in [6.45, 7) is 2.11. The Morgan fingerprint density at radius 1 is 1.43 bits per heavy atom. The molecule has 1 atom stereocenters. The van der Waals surface area contributed by atoms with Crippen LogP contribution in [-0.4, -0.2) is 36.8 Å². The summed E-state index contributed by atoms with van der Waals surface area (Å²) >= 11 is 0. The van der Waals surface area contributed by atoms with Gasteiger partial charge >= 0.3 is 0 Å². The molecule has 1 aromatic rings. The summed E-state index contributed by atoms with van der Waals surface area (Å²) in [5, 5.41) is 10.9. The molecule has 0 unspecified atom stereocenters. The third-order valence-corrected chi connectivity index (χ3v) is 5.50. The predicted molar refractivity (Wildman–Crippen MR) is 81.0 cm³/mol. The van der Waals surface area contributed by atoms with Crippen LogP contribution in [0.25, 0.3) is 0 Å². The molecule has 0 spiro atoms. The first-order valence-corrected chi connectivity index (χ1v) is 7.78. The molecule has 1 saturated heterocycles. The molecule has 1 aliphatic heterocycles. The molecule has 2 N–H and O–H groups in total. The standard InChI is InChI=1S/C12H17N3O4S.ClH/c1-9-11(15(16)17)5-2-6-12(9)20(18,19)14-7-3-4-10(13)8-14;/h2,5-6,10H,3-4,7-8,13H2,1H3;1H/t10-;/m1./s1. The molecule has 1 aliphatic rings. The van der Waals surface area contributed by atoms with Gasteiger partial charge in [0.1, 0.15) is 0 Å². The Bertz CT molecular complexity index is 635. The summed E-state index contributed by atoms with van der Waals surface area (Å²) < 4.78 is 26.5. The number of rotatable bonds is 3. The van der Waals surface area contributed by atoms with Crippen LogP contribution in [-0.2, 0) is 10.0 Å². The molecule has 0 bridgehead atoms. The second-order valence-electron chi connectivity index (χ2n) is 4.92. The van der Waals surface area contributed by atoms with E-state index >= 15 is 0 Å². The Morgan fingerprint density at radius 2 is 2.10 bits per heavy atom. The zero-order valence-corrected chi connectivity index (χ0v) is 13.2. The number of hydrogen-bond donors (Lipinski definition) is 1. The quantitative estimate of drug-likeness (QED) is 0.664. The largest absolute Gasteiger partial charge is 0.327 e. The number of nitrogens with zero attached hydrogens (tertiary/aromatic N) is 2. The van der Waals surface area contributed by atoms with Gasteiger partial charge in [0.15, 0.2) is 0 Å². The van der Waals surface area contributed by atoms with Crippen molar-refractivity contribution < 1.29 is 13.3 Å². The predicted octanol–water partition coefficient (Wildman–Crippen LogP) is 1.44. The zero-order valence-electron chi connectivity index (χ0n) is 11.6. The average Bonchev–Trinajstić information content (AvgIpc) is 2.38. The van der Waals surface area contributed by atoms with Gasteiger partial charge in [-0.25, -0.2) is 8.42 Å². The molecule has 2 rings (SSSR count). The molecule has 0 radical (unpaired) electrons. The van der Waals surface area contributed by atoms with Crippen molar-refractivity contribution in [1.82, 2.24) is 4.31 Å². The van der Waals surface area contributed by atoms with E-state index in [2.05, 4.69) is 0 Å². The van der Waals surface area contributed by atoms with Gasteiger partial charge in [0.2, 0.25) is 10.0 Å². The maximum atomic E-state index is 12.6. The van der Waals surface area contributed by atoms with Crippen LogP contribution >= 0.6 is 12.4 Å². The van der Waals surface area contributed by atoms with Crippen LogP contribution < -0.4 is 5.73 Å². The van der Waals surface area contributed by atoms with E-state index in [1.165, 1.54) is 29.4 Å². The van der Waals surface area contributed by atoms with Gasteiger partial charge in [0, 0.05) is 30.8 Å². The molecule has 9 heteroatoms. The summed E-state index contributed by atoms with van der Waals surface area (Å²) in [7, 11) is -3.73. The molecule has 1 heterocycles. The summed E-state index contributed by atoms with van der Waals surface area (Å²) in [6, 6.07) is 3.91. The fourth-order valence-electron chi connectivity index (χ4n) is 2.41.